The van der Waals surface area contributed by atoms with Crippen LogP contribution in [-0.2, 0) is 14.8 Å². The van der Waals surface area contributed by atoms with Crippen LogP contribution in [0.15, 0.2) is 71.6 Å². The number of piperidine rings is 1. The van der Waals surface area contributed by atoms with E-state index in [1.807, 2.05) is 6.92 Å². The van der Waals surface area contributed by atoms with E-state index in [1.165, 1.54) is 24.3 Å². The number of nitrogens with zero attached hydrogens (tertiary/aromatic N) is 2. The number of aryl methyl sites for hydroxylation is 1. The van der Waals surface area contributed by atoms with Crippen LogP contribution in [0.3, 0.4) is 0 Å². The fraction of sp³-hybridized carbons (Fsp3) is 0.259. The van der Waals surface area contributed by atoms with Gasteiger partial charge in [-0.1, -0.05) is 59.1 Å². The van der Waals surface area contributed by atoms with E-state index in [0.717, 1.165) is 29.1 Å². The predicted octanol–water partition coefficient (Wildman–Crippen LogP) is 5.76. The Balaban J connectivity index is 1.65. The van der Waals surface area contributed by atoms with Crippen molar-refractivity contribution in [2.75, 3.05) is 29.3 Å². The van der Waals surface area contributed by atoms with Gasteiger partial charge in [-0.2, -0.15) is 0 Å². The lowest BCUT2D eigenvalue weighted by Crippen LogP contribution is -2.39. The van der Waals surface area contributed by atoms with Gasteiger partial charge >= 0.3 is 0 Å². The van der Waals surface area contributed by atoms with Crippen LogP contribution < -0.4 is 9.62 Å². The molecule has 0 atom stereocenters. The van der Waals surface area contributed by atoms with Gasteiger partial charge in [0.05, 0.1) is 31.9 Å². The molecule has 1 fully saturated rings. The van der Waals surface area contributed by atoms with E-state index >= 15 is 0 Å². The number of para-hydroxylation sites is 1. The first-order valence-electron chi connectivity index (χ1n) is 11.9. The normalized spacial score (nSPS) is 13.8. The summed E-state index contributed by atoms with van der Waals surface area (Å²) in [7, 11) is -4.19. The Bertz CT molecular complexity index is 1410. The summed E-state index contributed by atoms with van der Waals surface area (Å²) < 4.78 is 28.2. The minimum absolute atomic E-state index is 0.00242. The van der Waals surface area contributed by atoms with Crippen LogP contribution in [0.5, 0.6) is 0 Å². The summed E-state index contributed by atoms with van der Waals surface area (Å²) in [5, 5.41) is 2.89. The average Bonchev–Trinajstić information content (AvgIpc) is 2.90. The second-order valence-electron chi connectivity index (χ2n) is 8.84. The van der Waals surface area contributed by atoms with Crippen LogP contribution in [0.2, 0.25) is 10.0 Å². The Kier molecular flexibility index (Phi) is 8.42. The molecule has 1 aliphatic rings. The lowest BCUT2D eigenvalue weighted by molar-refractivity contribution is -0.114. The molecule has 7 nitrogen and oxygen atoms in total. The Hall–Kier alpha value is -3.07. The monoisotopic (exact) mass is 559 g/mol. The van der Waals surface area contributed by atoms with Gasteiger partial charge in [0, 0.05) is 13.1 Å². The molecule has 1 heterocycles. The zero-order valence-electron chi connectivity index (χ0n) is 20.3. The molecule has 4 rings (SSSR count). The number of anilines is 2. The van der Waals surface area contributed by atoms with E-state index in [0.29, 0.717) is 24.3 Å². The van der Waals surface area contributed by atoms with Crippen molar-refractivity contribution in [3.8, 4) is 0 Å². The highest BCUT2D eigenvalue weighted by Crippen LogP contribution is 2.35. The fourth-order valence-corrected chi connectivity index (χ4v) is 6.07. The van der Waals surface area contributed by atoms with Crippen LogP contribution >= 0.6 is 23.2 Å². The molecule has 0 bridgehead atoms. The summed E-state index contributed by atoms with van der Waals surface area (Å²) >= 11 is 12.6. The maximum atomic E-state index is 13.7. The van der Waals surface area contributed by atoms with E-state index < -0.39 is 22.5 Å². The van der Waals surface area contributed by atoms with Gasteiger partial charge in [0.15, 0.2) is 0 Å². The van der Waals surface area contributed by atoms with Crippen LogP contribution in [0.4, 0.5) is 11.4 Å². The van der Waals surface area contributed by atoms with Crippen molar-refractivity contribution >= 4 is 56.4 Å². The van der Waals surface area contributed by atoms with Gasteiger partial charge in [0.1, 0.15) is 6.54 Å². The number of hydrogen-bond donors (Lipinski definition) is 1. The highest BCUT2D eigenvalue weighted by Gasteiger charge is 2.30. The number of rotatable bonds is 7. The molecule has 10 heteroatoms. The molecule has 1 N–H and O–H groups in total. The van der Waals surface area contributed by atoms with Gasteiger partial charge in [-0.05, 0) is 62.6 Å². The summed E-state index contributed by atoms with van der Waals surface area (Å²) in [6, 6.07) is 17.6. The zero-order chi connectivity index (χ0) is 26.6. The lowest BCUT2D eigenvalue weighted by Gasteiger charge is -2.28. The predicted molar refractivity (Wildman–Crippen MR) is 147 cm³/mol. The van der Waals surface area contributed by atoms with E-state index in [9.17, 15) is 18.0 Å². The number of amides is 2. The highest BCUT2D eigenvalue weighted by atomic mass is 35.5. The summed E-state index contributed by atoms with van der Waals surface area (Å²) in [6.45, 7) is 2.59. The largest absolute Gasteiger partial charge is 0.339 e. The van der Waals surface area contributed by atoms with Gasteiger partial charge in [-0.15, -0.1) is 0 Å². The molecule has 0 aliphatic carbocycles. The summed E-state index contributed by atoms with van der Waals surface area (Å²) in [5.41, 5.74) is 1.63. The van der Waals surface area contributed by atoms with E-state index in [1.54, 1.807) is 47.4 Å². The van der Waals surface area contributed by atoms with E-state index in [-0.39, 0.29) is 26.5 Å². The van der Waals surface area contributed by atoms with Crippen molar-refractivity contribution in [2.45, 2.75) is 31.1 Å². The van der Waals surface area contributed by atoms with Crippen molar-refractivity contribution in [1.29, 1.82) is 0 Å². The third-order valence-electron chi connectivity index (χ3n) is 6.17. The van der Waals surface area contributed by atoms with Crippen LogP contribution in [0, 0.1) is 6.92 Å². The van der Waals surface area contributed by atoms with Gasteiger partial charge < -0.3 is 10.2 Å². The molecule has 0 aromatic heterocycles. The number of carbonyl (C=O) groups excluding carboxylic acids is 2. The number of hydrogen-bond acceptors (Lipinski definition) is 4. The first-order valence-corrected chi connectivity index (χ1v) is 14.1. The van der Waals surface area contributed by atoms with Gasteiger partial charge in [-0.3, -0.25) is 13.9 Å². The van der Waals surface area contributed by atoms with Crippen LogP contribution in [-0.4, -0.2) is 44.8 Å². The molecule has 1 aliphatic heterocycles. The van der Waals surface area contributed by atoms with Gasteiger partial charge in [-0.25, -0.2) is 8.42 Å². The summed E-state index contributed by atoms with van der Waals surface area (Å²) in [5.74, 6) is -0.803. The second-order valence-corrected chi connectivity index (χ2v) is 11.5. The molecule has 194 valence electrons. The lowest BCUT2D eigenvalue weighted by atomic mass is 10.1. The molecule has 0 spiro atoms. The molecular weight excluding hydrogens is 533 g/mol. The van der Waals surface area contributed by atoms with Crippen molar-refractivity contribution in [3.63, 3.8) is 0 Å². The Morgan fingerprint density at radius 1 is 0.919 bits per heavy atom. The van der Waals surface area contributed by atoms with Crippen LogP contribution in [0.25, 0.3) is 0 Å². The molecule has 0 unspecified atom stereocenters. The summed E-state index contributed by atoms with van der Waals surface area (Å²) in [6.07, 6.45) is 2.96. The molecule has 0 radical (unpaired) electrons. The first-order chi connectivity index (χ1) is 17.7. The summed E-state index contributed by atoms with van der Waals surface area (Å²) in [4.78, 5) is 28.2. The third kappa shape index (κ3) is 6.09. The van der Waals surface area contributed by atoms with E-state index in [4.69, 9.17) is 23.2 Å². The molecule has 1 saturated heterocycles. The molecule has 0 saturated carbocycles. The molecule has 37 heavy (non-hydrogen) atoms. The van der Waals surface area contributed by atoms with Gasteiger partial charge in [0.25, 0.3) is 15.9 Å². The number of sulfonamides is 1. The zero-order valence-corrected chi connectivity index (χ0v) is 22.6. The van der Waals surface area contributed by atoms with Crippen LogP contribution in [0.1, 0.15) is 35.2 Å². The SMILES string of the molecule is Cc1ccc(S(=O)(=O)N(CC(=O)Nc2ccccc2C(=O)N2CCCCC2)c2cccc(Cl)c2Cl)cc1. The van der Waals surface area contributed by atoms with Gasteiger partial charge in [0.2, 0.25) is 5.91 Å². The molecule has 3 aromatic rings. The topological polar surface area (TPSA) is 86.8 Å². The number of halogens is 2. The minimum atomic E-state index is -4.19. The second kappa shape index (κ2) is 11.5. The molecule has 3 aromatic carbocycles. The quantitative estimate of drug-likeness (QED) is 0.398. The fourth-order valence-electron chi connectivity index (χ4n) is 4.19. The standard InChI is InChI=1S/C27H27Cl2N3O4S/c1-19-12-14-20(15-13-19)37(35,36)32(24-11-7-9-22(28)26(24)29)18-25(33)30-23-10-4-3-8-21(23)27(34)31-16-5-2-6-17-31/h3-4,7-15H,2,5-6,16-18H2,1H3,(H,30,33). The Morgan fingerprint density at radius 2 is 1.59 bits per heavy atom. The molecule has 2 amide bonds. The maximum absolute atomic E-state index is 13.7. The minimum Gasteiger partial charge on any atom is -0.339 e. The van der Waals surface area contributed by atoms with Crippen molar-refractivity contribution < 1.29 is 18.0 Å². The maximum Gasteiger partial charge on any atom is 0.264 e. The number of benzene rings is 3. The Morgan fingerprint density at radius 3 is 2.30 bits per heavy atom. The first kappa shape index (κ1) is 27.0. The van der Waals surface area contributed by atoms with E-state index in [2.05, 4.69) is 5.32 Å². The third-order valence-corrected chi connectivity index (χ3v) is 8.75. The number of likely N-dealkylation sites (tertiary alicyclic amines) is 1. The number of carbonyl (C=O) groups is 2. The smallest absolute Gasteiger partial charge is 0.264 e. The van der Waals surface area contributed by atoms with Crippen molar-refractivity contribution in [3.05, 3.63) is 87.9 Å². The average molecular weight is 561 g/mol. The van der Waals surface area contributed by atoms with Crippen molar-refractivity contribution in [2.24, 2.45) is 0 Å². The Labute approximate surface area is 227 Å². The molecular formula is C27H27Cl2N3O4S. The van der Waals surface area contributed by atoms with Crippen molar-refractivity contribution in [1.82, 2.24) is 4.90 Å². The highest BCUT2D eigenvalue weighted by molar-refractivity contribution is 7.92. The number of nitrogens with one attached hydrogen (secondary N) is 1.